The zero-order valence-electron chi connectivity index (χ0n) is 30.1. The number of halogens is 1. The van der Waals surface area contributed by atoms with Gasteiger partial charge in [0.2, 0.25) is 0 Å². The highest BCUT2D eigenvalue weighted by Gasteiger charge is 2.09. The van der Waals surface area contributed by atoms with Gasteiger partial charge in [0.05, 0.1) is 66.4 Å². The van der Waals surface area contributed by atoms with Gasteiger partial charge in [0.25, 0.3) is 0 Å². The third kappa shape index (κ3) is 8.69. The van der Waals surface area contributed by atoms with Crippen molar-refractivity contribution >= 4 is 45.3 Å². The Hall–Kier alpha value is -6.87. The lowest BCUT2D eigenvalue weighted by molar-refractivity contribution is 0.533. The van der Waals surface area contributed by atoms with Crippen LogP contribution < -0.4 is 5.32 Å². The normalized spacial score (nSPS) is 11.3. The summed E-state index contributed by atoms with van der Waals surface area (Å²) in [6.07, 6.45) is 24.2. The summed E-state index contributed by atoms with van der Waals surface area (Å²) in [5.41, 5.74) is 8.30. The number of anilines is 2. The van der Waals surface area contributed by atoms with Gasteiger partial charge in [-0.05, 0) is 53.9 Å². The number of imidazole rings is 2. The zero-order chi connectivity index (χ0) is 37.6. The van der Waals surface area contributed by atoms with Crippen LogP contribution in [0.25, 0.3) is 44.3 Å². The Morgan fingerprint density at radius 1 is 0.618 bits per heavy atom. The molecule has 0 aliphatic rings. The van der Waals surface area contributed by atoms with Gasteiger partial charge in [-0.15, -0.1) is 5.10 Å². The molecule has 0 aliphatic heterocycles. The van der Waals surface area contributed by atoms with Crippen LogP contribution in [-0.4, -0.2) is 68.8 Å². The number of pyridine rings is 4. The molecule has 9 aromatic heterocycles. The van der Waals surface area contributed by atoms with Gasteiger partial charge >= 0.3 is 0 Å². The lowest BCUT2D eigenvalue weighted by Gasteiger charge is -2.09. The highest BCUT2D eigenvalue weighted by molar-refractivity contribution is 6.29. The Balaban J connectivity index is 0.000000164. The second-order valence-electron chi connectivity index (χ2n) is 13.1. The van der Waals surface area contributed by atoms with E-state index in [9.17, 15) is 0 Å². The molecule has 274 valence electrons. The number of aryl methyl sites for hydroxylation is 4. The molecule has 0 atom stereocenters. The largest absolute Gasteiger partial charge is 0.336 e. The van der Waals surface area contributed by atoms with E-state index < -0.39 is 0 Å². The number of nitrogens with zero attached hydrogens (tertiary/aromatic N) is 14. The molecule has 15 nitrogen and oxygen atoms in total. The summed E-state index contributed by atoms with van der Waals surface area (Å²) >= 11 is 5.95. The maximum absolute atomic E-state index is 5.95. The van der Waals surface area contributed by atoms with E-state index in [-0.39, 0.29) is 0 Å². The van der Waals surface area contributed by atoms with Gasteiger partial charge in [-0.1, -0.05) is 25.4 Å². The van der Waals surface area contributed by atoms with Crippen LogP contribution in [0.2, 0.25) is 5.15 Å². The van der Waals surface area contributed by atoms with E-state index in [1.807, 2.05) is 104 Å². The second kappa shape index (κ2) is 16.0. The van der Waals surface area contributed by atoms with E-state index in [0.29, 0.717) is 22.7 Å². The Kier molecular flexibility index (Phi) is 10.2. The number of hydrogen-bond acceptors (Lipinski definition) is 11. The number of rotatable bonds is 11. The average Bonchev–Trinajstić information content (AvgIpc) is 4.05. The predicted octanol–water partition coefficient (Wildman–Crippen LogP) is 7.09. The first-order valence-corrected chi connectivity index (χ1v) is 18.1. The minimum Gasteiger partial charge on any atom is -0.336 e. The molecule has 0 spiro atoms. The topological polar surface area (TPSA) is 161 Å². The van der Waals surface area contributed by atoms with Gasteiger partial charge in [0, 0.05) is 84.9 Å². The van der Waals surface area contributed by atoms with Crippen molar-refractivity contribution in [2.24, 2.45) is 0 Å². The molecular formula is C39H36ClN15. The van der Waals surface area contributed by atoms with Crippen molar-refractivity contribution in [1.82, 2.24) is 68.8 Å². The van der Waals surface area contributed by atoms with Crippen LogP contribution in [0.1, 0.15) is 25.3 Å². The van der Waals surface area contributed by atoms with Crippen molar-refractivity contribution in [3.63, 3.8) is 0 Å². The fourth-order valence-corrected chi connectivity index (χ4v) is 5.96. The molecule has 9 rings (SSSR count). The lowest BCUT2D eigenvalue weighted by Crippen LogP contribution is -2.05. The van der Waals surface area contributed by atoms with Gasteiger partial charge in [-0.25, -0.2) is 19.9 Å². The van der Waals surface area contributed by atoms with E-state index in [1.165, 1.54) is 0 Å². The molecule has 9 aromatic rings. The summed E-state index contributed by atoms with van der Waals surface area (Å²) in [7, 11) is 0. The van der Waals surface area contributed by atoms with Gasteiger partial charge < -0.3 is 14.5 Å². The first kappa shape index (κ1) is 35.2. The quantitative estimate of drug-likeness (QED) is 0.134. The summed E-state index contributed by atoms with van der Waals surface area (Å²) in [4.78, 5) is 26.1. The van der Waals surface area contributed by atoms with Crippen LogP contribution in [0.15, 0.2) is 123 Å². The molecular weight excluding hydrogens is 714 g/mol. The van der Waals surface area contributed by atoms with Crippen molar-refractivity contribution < 1.29 is 0 Å². The SMILES string of the molecule is CC(C)c1cnnc(Nc2ccc3ncc(-c4cnn(CCn5ccnc5)c4)cc3n2)c1.Clc1ccc2ncc(-c3cnn(CCn4ccnc4)c3)cc2n1. The Labute approximate surface area is 320 Å². The van der Waals surface area contributed by atoms with E-state index >= 15 is 0 Å². The molecule has 0 saturated carbocycles. The Morgan fingerprint density at radius 2 is 1.22 bits per heavy atom. The minimum absolute atomic E-state index is 0.378. The Bertz CT molecular complexity index is 2650. The molecule has 0 aromatic carbocycles. The van der Waals surface area contributed by atoms with Gasteiger partial charge in [-0.3, -0.25) is 19.3 Å². The third-order valence-electron chi connectivity index (χ3n) is 8.87. The van der Waals surface area contributed by atoms with Crippen LogP contribution >= 0.6 is 11.6 Å². The minimum atomic E-state index is 0.378. The molecule has 9 heterocycles. The molecule has 0 fully saturated rings. The van der Waals surface area contributed by atoms with Crippen LogP contribution in [-0.2, 0) is 26.2 Å². The van der Waals surface area contributed by atoms with Crippen LogP contribution in [0, 0.1) is 0 Å². The van der Waals surface area contributed by atoms with E-state index in [0.717, 1.165) is 76.1 Å². The van der Waals surface area contributed by atoms with E-state index in [4.69, 9.17) is 16.6 Å². The highest BCUT2D eigenvalue weighted by atomic mass is 35.5. The van der Waals surface area contributed by atoms with Gasteiger partial charge in [0.1, 0.15) is 11.0 Å². The summed E-state index contributed by atoms with van der Waals surface area (Å²) in [5.74, 6) is 1.75. The molecule has 55 heavy (non-hydrogen) atoms. The van der Waals surface area contributed by atoms with Gasteiger partial charge in [-0.2, -0.15) is 15.3 Å². The molecule has 0 aliphatic carbocycles. The molecule has 0 unspecified atom stereocenters. The van der Waals surface area contributed by atoms with Crippen LogP contribution in [0.5, 0.6) is 0 Å². The van der Waals surface area contributed by atoms with Crippen molar-refractivity contribution in [3.05, 3.63) is 134 Å². The first-order chi connectivity index (χ1) is 26.9. The number of fused-ring (bicyclic) bond motifs is 2. The molecule has 0 radical (unpaired) electrons. The zero-order valence-corrected chi connectivity index (χ0v) is 30.8. The number of nitrogens with one attached hydrogen (secondary N) is 1. The fraction of sp³-hybridized carbons (Fsp3) is 0.179. The third-order valence-corrected chi connectivity index (χ3v) is 9.08. The number of aromatic nitrogens is 14. The highest BCUT2D eigenvalue weighted by Crippen LogP contribution is 2.25. The predicted molar refractivity (Wildman–Crippen MR) is 210 cm³/mol. The van der Waals surface area contributed by atoms with Crippen molar-refractivity contribution in [3.8, 4) is 22.3 Å². The summed E-state index contributed by atoms with van der Waals surface area (Å²) in [6.45, 7) is 7.44. The number of hydrogen-bond donors (Lipinski definition) is 1. The summed E-state index contributed by atoms with van der Waals surface area (Å²) in [5, 5.41) is 20.8. The van der Waals surface area contributed by atoms with Crippen LogP contribution in [0.3, 0.4) is 0 Å². The Morgan fingerprint density at radius 3 is 1.80 bits per heavy atom. The molecule has 1 N–H and O–H groups in total. The second-order valence-corrected chi connectivity index (χ2v) is 13.5. The maximum Gasteiger partial charge on any atom is 0.154 e. The maximum atomic E-state index is 5.95. The lowest BCUT2D eigenvalue weighted by atomic mass is 10.1. The summed E-state index contributed by atoms with van der Waals surface area (Å²) < 4.78 is 7.87. The van der Waals surface area contributed by atoms with E-state index in [1.54, 1.807) is 37.3 Å². The standard InChI is InChI=1S/C23H23N9.C16H13ClN6/c1-16(2)17-10-23(30-26-12-17)29-22-4-3-20-21(28-22)9-18(11-25-20)19-13-27-32(14-19)8-7-31-6-5-24-15-31;17-16-2-1-14-15(21-16)7-12(8-19-14)13-9-20-23(10-13)6-5-22-4-3-18-11-22/h3-6,9-16H,7-8H2,1-2H3,(H,28,29,30);1-4,7-11H,5-6H2. The molecule has 0 bridgehead atoms. The van der Waals surface area contributed by atoms with E-state index in [2.05, 4.69) is 64.5 Å². The van der Waals surface area contributed by atoms with Crippen LogP contribution in [0.4, 0.5) is 11.6 Å². The fourth-order valence-electron chi connectivity index (χ4n) is 5.81. The monoisotopic (exact) mass is 749 g/mol. The molecule has 0 amide bonds. The van der Waals surface area contributed by atoms with Crippen molar-refractivity contribution in [2.75, 3.05) is 5.32 Å². The smallest absolute Gasteiger partial charge is 0.154 e. The summed E-state index contributed by atoms with van der Waals surface area (Å²) in [6, 6.07) is 13.5. The first-order valence-electron chi connectivity index (χ1n) is 17.7. The van der Waals surface area contributed by atoms with Gasteiger partial charge in [0.15, 0.2) is 5.82 Å². The van der Waals surface area contributed by atoms with Crippen molar-refractivity contribution in [2.45, 2.75) is 45.9 Å². The van der Waals surface area contributed by atoms with Crippen molar-refractivity contribution in [1.29, 1.82) is 0 Å². The molecule has 0 saturated heterocycles. The molecule has 16 heteroatoms. The average molecular weight is 750 g/mol.